The normalized spacial score (nSPS) is 25.1. The number of carbonyl (C=O) groups excluding carboxylic acids is 1. The summed E-state index contributed by atoms with van der Waals surface area (Å²) in [7, 11) is 0. The average Bonchev–Trinajstić information content (AvgIpc) is 3.24. The maximum absolute atomic E-state index is 12.1. The molecule has 0 bridgehead atoms. The van der Waals surface area contributed by atoms with Crippen molar-refractivity contribution in [3.8, 4) is 0 Å². The summed E-state index contributed by atoms with van der Waals surface area (Å²) in [6.45, 7) is 0. The van der Waals surface area contributed by atoms with Gasteiger partial charge in [0.2, 0.25) is 0 Å². The van der Waals surface area contributed by atoms with Crippen molar-refractivity contribution in [2.45, 2.75) is 25.7 Å². The van der Waals surface area contributed by atoms with E-state index < -0.39 is 11.9 Å². The Morgan fingerprint density at radius 3 is 2.53 bits per heavy atom. The zero-order valence-electron chi connectivity index (χ0n) is 10.4. The highest BCUT2D eigenvalue weighted by Gasteiger charge is 2.48. The van der Waals surface area contributed by atoms with Crippen molar-refractivity contribution in [2.24, 2.45) is 17.8 Å². The van der Waals surface area contributed by atoms with Crippen LogP contribution in [-0.4, -0.2) is 16.9 Å². The summed E-state index contributed by atoms with van der Waals surface area (Å²) >= 11 is 6.20. The van der Waals surface area contributed by atoms with Crippen LogP contribution >= 0.6 is 11.6 Å². The number of Topliss-reactive ketones (excluding diaryl/α,β-unsaturated/α-hetero) is 1. The van der Waals surface area contributed by atoms with E-state index in [0.717, 1.165) is 17.9 Å². The summed E-state index contributed by atoms with van der Waals surface area (Å²) in [5.41, 5.74) is 1.63. The van der Waals surface area contributed by atoms with Gasteiger partial charge in [-0.3, -0.25) is 9.59 Å². The molecule has 0 saturated heterocycles. The number of hydrogen-bond donors (Lipinski definition) is 1. The molecular weight excluding hydrogens is 264 g/mol. The minimum absolute atomic E-state index is 0.0905. The predicted octanol–water partition coefficient (Wildman–Crippen LogP) is 3.20. The van der Waals surface area contributed by atoms with Crippen LogP contribution in [0.25, 0.3) is 0 Å². The molecule has 100 valence electrons. The molecule has 4 heteroatoms. The summed E-state index contributed by atoms with van der Waals surface area (Å²) in [6.07, 6.45) is 3.96. The number of rotatable bonds is 5. The van der Waals surface area contributed by atoms with E-state index in [1.807, 2.05) is 6.07 Å². The minimum Gasteiger partial charge on any atom is -0.481 e. The van der Waals surface area contributed by atoms with Gasteiger partial charge in [-0.15, -0.1) is 0 Å². The zero-order valence-corrected chi connectivity index (χ0v) is 11.2. The first-order valence-corrected chi connectivity index (χ1v) is 6.99. The summed E-state index contributed by atoms with van der Waals surface area (Å²) < 4.78 is 0. The van der Waals surface area contributed by atoms with Gasteiger partial charge in [0.25, 0.3) is 0 Å². The number of halogens is 1. The topological polar surface area (TPSA) is 54.4 Å². The third-order valence-corrected chi connectivity index (χ3v) is 4.34. The molecule has 1 aromatic carbocycles. The van der Waals surface area contributed by atoms with E-state index in [0.29, 0.717) is 17.0 Å². The molecule has 0 spiro atoms. The first-order chi connectivity index (χ1) is 9.06. The van der Waals surface area contributed by atoms with Crippen LogP contribution in [0.3, 0.4) is 0 Å². The van der Waals surface area contributed by atoms with E-state index in [2.05, 4.69) is 0 Å². The lowest BCUT2D eigenvalue weighted by atomic mass is 10.0. The zero-order chi connectivity index (χ0) is 13.6. The van der Waals surface area contributed by atoms with Gasteiger partial charge in [-0.1, -0.05) is 23.7 Å². The third kappa shape index (κ3) is 2.66. The van der Waals surface area contributed by atoms with Gasteiger partial charge in [-0.05, 0) is 43.2 Å². The van der Waals surface area contributed by atoms with Gasteiger partial charge in [0.15, 0.2) is 5.78 Å². The van der Waals surface area contributed by atoms with E-state index in [-0.39, 0.29) is 11.7 Å². The molecule has 0 aromatic heterocycles. The molecule has 2 unspecified atom stereocenters. The third-order valence-electron chi connectivity index (χ3n) is 3.99. The molecule has 19 heavy (non-hydrogen) atoms. The smallest absolute Gasteiger partial charge is 0.307 e. The Labute approximate surface area is 116 Å². The van der Waals surface area contributed by atoms with Crippen molar-refractivity contribution in [2.75, 3.05) is 0 Å². The highest BCUT2D eigenvalue weighted by Crippen LogP contribution is 2.41. The van der Waals surface area contributed by atoms with Crippen LogP contribution in [0, 0.1) is 17.8 Å². The number of carbonyl (C=O) groups is 2. The van der Waals surface area contributed by atoms with Gasteiger partial charge in [-0.25, -0.2) is 0 Å². The highest BCUT2D eigenvalue weighted by molar-refractivity contribution is 6.31. The van der Waals surface area contributed by atoms with E-state index in [1.165, 1.54) is 12.8 Å². The molecule has 3 nitrogen and oxygen atoms in total. The molecule has 0 heterocycles. The summed E-state index contributed by atoms with van der Waals surface area (Å²) in [5.74, 6) is -1.08. The largest absolute Gasteiger partial charge is 0.481 e. The fraction of sp³-hybridized carbons (Fsp3) is 0.467. The van der Waals surface area contributed by atoms with Crippen LogP contribution in [0.2, 0.25) is 5.02 Å². The lowest BCUT2D eigenvalue weighted by Gasteiger charge is -2.06. The molecule has 2 aliphatic rings. The lowest BCUT2D eigenvalue weighted by molar-refractivity contribution is -0.138. The summed E-state index contributed by atoms with van der Waals surface area (Å²) in [6, 6.07) is 5.38. The van der Waals surface area contributed by atoms with Crippen LogP contribution in [0.15, 0.2) is 18.2 Å². The molecule has 1 N–H and O–H groups in total. The second-order valence-corrected chi connectivity index (χ2v) is 6.01. The Balaban J connectivity index is 1.73. The Hall–Kier alpha value is -1.35. The SMILES string of the molecule is O=C(O)C1CC1C(=O)c1ccc(CC2CC2)c(Cl)c1. The molecule has 0 aliphatic heterocycles. The van der Waals surface area contributed by atoms with Crippen molar-refractivity contribution < 1.29 is 14.7 Å². The maximum atomic E-state index is 12.1. The van der Waals surface area contributed by atoms with Gasteiger partial charge < -0.3 is 5.11 Å². The molecular formula is C15H15ClO3. The second kappa shape index (κ2) is 4.64. The van der Waals surface area contributed by atoms with Crippen molar-refractivity contribution in [3.05, 3.63) is 34.3 Å². The van der Waals surface area contributed by atoms with E-state index in [4.69, 9.17) is 16.7 Å². The Kier molecular flexibility index (Phi) is 3.09. The molecule has 2 aliphatic carbocycles. The van der Waals surface area contributed by atoms with Crippen LogP contribution in [0.4, 0.5) is 0 Å². The Morgan fingerprint density at radius 2 is 2.00 bits per heavy atom. The molecule has 3 rings (SSSR count). The van der Waals surface area contributed by atoms with Gasteiger partial charge >= 0.3 is 5.97 Å². The monoisotopic (exact) mass is 278 g/mol. The lowest BCUT2D eigenvalue weighted by Crippen LogP contribution is -2.08. The number of hydrogen-bond acceptors (Lipinski definition) is 2. The average molecular weight is 279 g/mol. The maximum Gasteiger partial charge on any atom is 0.307 e. The standard InChI is InChI=1S/C15H15ClO3/c16-13-6-10(4-3-9(13)5-8-1-2-8)14(17)11-7-12(11)15(18)19/h3-4,6,8,11-12H,1-2,5,7H2,(H,18,19). The summed E-state index contributed by atoms with van der Waals surface area (Å²) in [4.78, 5) is 22.9. The molecule has 0 amide bonds. The van der Waals surface area contributed by atoms with E-state index >= 15 is 0 Å². The fourth-order valence-corrected chi connectivity index (χ4v) is 2.73. The first-order valence-electron chi connectivity index (χ1n) is 6.61. The van der Waals surface area contributed by atoms with E-state index in [1.54, 1.807) is 12.1 Å². The number of carboxylic acids is 1. The number of aliphatic carboxylic acids is 1. The summed E-state index contributed by atoms with van der Waals surface area (Å²) in [5, 5.41) is 9.48. The van der Waals surface area contributed by atoms with Crippen LogP contribution in [0.1, 0.15) is 35.2 Å². The van der Waals surface area contributed by atoms with Crippen LogP contribution in [0.5, 0.6) is 0 Å². The minimum atomic E-state index is -0.880. The van der Waals surface area contributed by atoms with Crippen molar-refractivity contribution in [1.82, 2.24) is 0 Å². The number of benzene rings is 1. The van der Waals surface area contributed by atoms with Crippen molar-refractivity contribution >= 4 is 23.4 Å². The number of carboxylic acid groups (broad SMARTS) is 1. The van der Waals surface area contributed by atoms with Crippen molar-refractivity contribution in [1.29, 1.82) is 0 Å². The predicted molar refractivity (Wildman–Crippen MR) is 71.4 cm³/mol. The quantitative estimate of drug-likeness (QED) is 0.842. The number of ketones is 1. The van der Waals surface area contributed by atoms with Gasteiger partial charge in [0, 0.05) is 16.5 Å². The molecule has 2 fully saturated rings. The van der Waals surface area contributed by atoms with Crippen LogP contribution in [-0.2, 0) is 11.2 Å². The van der Waals surface area contributed by atoms with Gasteiger partial charge in [-0.2, -0.15) is 0 Å². The Bertz CT molecular complexity index is 548. The molecule has 0 radical (unpaired) electrons. The molecule has 1 aromatic rings. The Morgan fingerprint density at radius 1 is 1.26 bits per heavy atom. The fourth-order valence-electron chi connectivity index (χ4n) is 2.47. The van der Waals surface area contributed by atoms with Crippen molar-refractivity contribution in [3.63, 3.8) is 0 Å². The molecule has 2 saturated carbocycles. The molecule has 2 atom stereocenters. The van der Waals surface area contributed by atoms with Gasteiger partial charge in [0.1, 0.15) is 0 Å². The first kappa shape index (κ1) is 12.7. The van der Waals surface area contributed by atoms with Crippen LogP contribution < -0.4 is 0 Å². The highest BCUT2D eigenvalue weighted by atomic mass is 35.5. The second-order valence-electron chi connectivity index (χ2n) is 5.60. The van der Waals surface area contributed by atoms with Gasteiger partial charge in [0.05, 0.1) is 5.92 Å². The van der Waals surface area contributed by atoms with E-state index in [9.17, 15) is 9.59 Å².